The highest BCUT2D eigenvalue weighted by Gasteiger charge is 2.27. The molecule has 1 aliphatic heterocycles. The Kier molecular flexibility index (Phi) is 3.44. The van der Waals surface area contributed by atoms with E-state index < -0.39 is 0 Å². The van der Waals surface area contributed by atoms with Crippen LogP contribution in [0, 0.1) is 5.92 Å². The fourth-order valence-electron chi connectivity index (χ4n) is 2.51. The van der Waals surface area contributed by atoms with Crippen molar-refractivity contribution in [1.82, 2.24) is 4.98 Å². The molecule has 0 bridgehead atoms. The van der Waals surface area contributed by atoms with Crippen LogP contribution in [0.1, 0.15) is 32.3 Å². The van der Waals surface area contributed by atoms with Gasteiger partial charge in [-0.25, -0.2) is 4.98 Å². The second-order valence-electron chi connectivity index (χ2n) is 4.87. The number of nitrogens with zero attached hydrogens (tertiary/aromatic N) is 2. The normalized spacial score (nSPS) is 20.8. The summed E-state index contributed by atoms with van der Waals surface area (Å²) < 4.78 is 0. The van der Waals surface area contributed by atoms with Gasteiger partial charge in [0.25, 0.3) is 0 Å². The topological polar surface area (TPSA) is 42.1 Å². The molecule has 0 radical (unpaired) electrons. The van der Waals surface area contributed by atoms with E-state index in [-0.39, 0.29) is 0 Å². The molecule has 2 N–H and O–H groups in total. The van der Waals surface area contributed by atoms with Crippen LogP contribution in [0.3, 0.4) is 0 Å². The molecule has 0 aliphatic carbocycles. The van der Waals surface area contributed by atoms with Gasteiger partial charge in [-0.15, -0.1) is 0 Å². The molecule has 1 aromatic rings. The van der Waals surface area contributed by atoms with Crippen molar-refractivity contribution in [3.05, 3.63) is 23.9 Å². The van der Waals surface area contributed by atoms with Crippen molar-refractivity contribution in [2.75, 3.05) is 11.4 Å². The first-order chi connectivity index (χ1) is 7.72. The number of anilines is 1. The van der Waals surface area contributed by atoms with Gasteiger partial charge in [0.05, 0.1) is 0 Å². The lowest BCUT2D eigenvalue weighted by atomic mass is 10.0. The molecule has 0 spiro atoms. The standard InChI is InChI=1S/C13H21N3/c1-10(2)12-4-3-7-16(12)13-8-11(9-14)5-6-15-13/h5-6,8,10,12H,3-4,7,9,14H2,1-2H3. The van der Waals surface area contributed by atoms with Crippen molar-refractivity contribution >= 4 is 5.82 Å². The lowest BCUT2D eigenvalue weighted by Crippen LogP contribution is -2.34. The smallest absolute Gasteiger partial charge is 0.129 e. The maximum Gasteiger partial charge on any atom is 0.129 e. The summed E-state index contributed by atoms with van der Waals surface area (Å²) in [4.78, 5) is 6.91. The Morgan fingerprint density at radius 2 is 2.38 bits per heavy atom. The predicted octanol–water partition coefficient (Wildman–Crippen LogP) is 2.17. The minimum Gasteiger partial charge on any atom is -0.353 e. The molecule has 2 rings (SSSR count). The van der Waals surface area contributed by atoms with Gasteiger partial charge in [-0.3, -0.25) is 0 Å². The van der Waals surface area contributed by atoms with E-state index in [0.717, 1.165) is 12.4 Å². The number of rotatable bonds is 3. The molecule has 1 unspecified atom stereocenters. The van der Waals surface area contributed by atoms with Crippen LogP contribution in [0.5, 0.6) is 0 Å². The van der Waals surface area contributed by atoms with Crippen LogP contribution in [0.15, 0.2) is 18.3 Å². The van der Waals surface area contributed by atoms with Crippen molar-refractivity contribution in [2.45, 2.75) is 39.3 Å². The first kappa shape index (κ1) is 11.4. The average Bonchev–Trinajstić information content (AvgIpc) is 2.78. The molecule has 3 nitrogen and oxygen atoms in total. The highest BCUT2D eigenvalue weighted by Crippen LogP contribution is 2.28. The highest BCUT2D eigenvalue weighted by atomic mass is 15.2. The fraction of sp³-hybridized carbons (Fsp3) is 0.615. The molecule has 1 atom stereocenters. The van der Waals surface area contributed by atoms with Gasteiger partial charge in [0, 0.05) is 25.3 Å². The lowest BCUT2D eigenvalue weighted by Gasteiger charge is -2.28. The van der Waals surface area contributed by atoms with Gasteiger partial charge in [0.1, 0.15) is 5.82 Å². The van der Waals surface area contributed by atoms with Gasteiger partial charge in [-0.2, -0.15) is 0 Å². The maximum atomic E-state index is 5.67. The van der Waals surface area contributed by atoms with Crippen molar-refractivity contribution < 1.29 is 0 Å². The fourth-order valence-corrected chi connectivity index (χ4v) is 2.51. The summed E-state index contributed by atoms with van der Waals surface area (Å²) in [7, 11) is 0. The van der Waals surface area contributed by atoms with Crippen LogP contribution in [0.2, 0.25) is 0 Å². The molecule has 1 aliphatic rings. The summed E-state index contributed by atoms with van der Waals surface area (Å²) in [6, 6.07) is 4.76. The summed E-state index contributed by atoms with van der Waals surface area (Å²) in [5.41, 5.74) is 6.83. The Balaban J connectivity index is 2.22. The summed E-state index contributed by atoms with van der Waals surface area (Å²) in [6.07, 6.45) is 4.43. The van der Waals surface area contributed by atoms with E-state index in [2.05, 4.69) is 29.8 Å². The Hall–Kier alpha value is -1.09. The van der Waals surface area contributed by atoms with E-state index in [1.165, 1.54) is 18.4 Å². The molecule has 0 saturated carbocycles. The first-order valence-electron chi connectivity index (χ1n) is 6.14. The lowest BCUT2D eigenvalue weighted by molar-refractivity contribution is 0.489. The third-order valence-electron chi connectivity index (χ3n) is 3.41. The Morgan fingerprint density at radius 3 is 3.06 bits per heavy atom. The first-order valence-corrected chi connectivity index (χ1v) is 6.14. The van der Waals surface area contributed by atoms with E-state index in [0.29, 0.717) is 18.5 Å². The Bertz CT molecular complexity index is 349. The summed E-state index contributed by atoms with van der Waals surface area (Å²) in [6.45, 7) is 6.30. The van der Waals surface area contributed by atoms with Crippen LogP contribution < -0.4 is 10.6 Å². The molecule has 1 saturated heterocycles. The molecule has 0 aromatic carbocycles. The average molecular weight is 219 g/mol. The summed E-state index contributed by atoms with van der Waals surface area (Å²) >= 11 is 0. The SMILES string of the molecule is CC(C)C1CCCN1c1cc(CN)ccn1. The molecule has 1 fully saturated rings. The van der Waals surface area contributed by atoms with Gasteiger partial charge in [-0.05, 0) is 36.5 Å². The molecular formula is C13H21N3. The van der Waals surface area contributed by atoms with E-state index in [9.17, 15) is 0 Å². The van der Waals surface area contributed by atoms with Crippen molar-refractivity contribution in [3.8, 4) is 0 Å². The van der Waals surface area contributed by atoms with Gasteiger partial charge in [0.2, 0.25) is 0 Å². The minimum absolute atomic E-state index is 0.593. The maximum absolute atomic E-state index is 5.67. The molecule has 88 valence electrons. The van der Waals surface area contributed by atoms with Gasteiger partial charge in [-0.1, -0.05) is 13.8 Å². The van der Waals surface area contributed by atoms with E-state index in [1.54, 1.807) is 0 Å². The van der Waals surface area contributed by atoms with Crippen LogP contribution >= 0.6 is 0 Å². The Morgan fingerprint density at radius 1 is 1.56 bits per heavy atom. The highest BCUT2D eigenvalue weighted by molar-refractivity contribution is 5.43. The summed E-state index contributed by atoms with van der Waals surface area (Å²) in [5.74, 6) is 1.78. The van der Waals surface area contributed by atoms with E-state index in [1.807, 2.05) is 12.3 Å². The molecule has 16 heavy (non-hydrogen) atoms. The van der Waals surface area contributed by atoms with Crippen molar-refractivity contribution in [1.29, 1.82) is 0 Å². The zero-order valence-corrected chi connectivity index (χ0v) is 10.2. The largest absolute Gasteiger partial charge is 0.353 e. The zero-order chi connectivity index (χ0) is 11.5. The van der Waals surface area contributed by atoms with Gasteiger partial charge in [0.15, 0.2) is 0 Å². The second kappa shape index (κ2) is 4.83. The number of nitrogens with two attached hydrogens (primary N) is 1. The number of hydrogen-bond acceptors (Lipinski definition) is 3. The number of hydrogen-bond donors (Lipinski definition) is 1. The molecule has 1 aromatic heterocycles. The van der Waals surface area contributed by atoms with Crippen LogP contribution in [-0.2, 0) is 6.54 Å². The van der Waals surface area contributed by atoms with Gasteiger partial charge < -0.3 is 10.6 Å². The van der Waals surface area contributed by atoms with Crippen molar-refractivity contribution in [2.24, 2.45) is 11.7 Å². The zero-order valence-electron chi connectivity index (χ0n) is 10.2. The summed E-state index contributed by atoms with van der Waals surface area (Å²) in [5, 5.41) is 0. The van der Waals surface area contributed by atoms with Crippen LogP contribution in [0.25, 0.3) is 0 Å². The quantitative estimate of drug-likeness (QED) is 0.847. The van der Waals surface area contributed by atoms with E-state index in [4.69, 9.17) is 5.73 Å². The predicted molar refractivity (Wildman–Crippen MR) is 67.3 cm³/mol. The molecular weight excluding hydrogens is 198 g/mol. The van der Waals surface area contributed by atoms with Crippen LogP contribution in [-0.4, -0.2) is 17.6 Å². The third kappa shape index (κ3) is 2.19. The van der Waals surface area contributed by atoms with Crippen LogP contribution in [0.4, 0.5) is 5.82 Å². The second-order valence-corrected chi connectivity index (χ2v) is 4.87. The van der Waals surface area contributed by atoms with Crippen molar-refractivity contribution in [3.63, 3.8) is 0 Å². The van der Waals surface area contributed by atoms with Gasteiger partial charge >= 0.3 is 0 Å². The third-order valence-corrected chi connectivity index (χ3v) is 3.41. The number of pyridine rings is 1. The minimum atomic E-state index is 0.593. The van der Waals surface area contributed by atoms with E-state index >= 15 is 0 Å². The molecule has 3 heteroatoms. The monoisotopic (exact) mass is 219 g/mol. The Labute approximate surface area is 97.7 Å². The number of aromatic nitrogens is 1. The molecule has 2 heterocycles. The molecule has 0 amide bonds.